The van der Waals surface area contributed by atoms with Crippen molar-refractivity contribution < 1.29 is 9.59 Å². The minimum absolute atomic E-state index is 0.0135. The maximum atomic E-state index is 13.1. The Morgan fingerprint density at radius 2 is 1.63 bits per heavy atom. The van der Waals surface area contributed by atoms with E-state index in [9.17, 15) is 9.59 Å². The number of rotatable bonds is 3. The molecule has 6 heteroatoms. The SMILES string of the molecule is Cc1nc2cc(C(=O)N3CCN(C(=O)C4CCC4)CC3)ccc2n1-c1ccccc1. The predicted molar refractivity (Wildman–Crippen MR) is 116 cm³/mol. The van der Waals surface area contributed by atoms with Gasteiger partial charge in [0.15, 0.2) is 0 Å². The minimum Gasteiger partial charge on any atom is -0.339 e. The zero-order chi connectivity index (χ0) is 20.7. The molecule has 2 heterocycles. The zero-order valence-corrected chi connectivity index (χ0v) is 17.3. The van der Waals surface area contributed by atoms with E-state index in [0.717, 1.165) is 41.8 Å². The fraction of sp³-hybridized carbons (Fsp3) is 0.375. The molecular formula is C24H26N4O2. The van der Waals surface area contributed by atoms with Crippen molar-refractivity contribution in [2.24, 2.45) is 5.92 Å². The van der Waals surface area contributed by atoms with E-state index in [1.54, 1.807) is 0 Å². The summed E-state index contributed by atoms with van der Waals surface area (Å²) in [7, 11) is 0. The monoisotopic (exact) mass is 402 g/mol. The van der Waals surface area contributed by atoms with Crippen LogP contribution in [0.4, 0.5) is 0 Å². The minimum atomic E-state index is 0.0135. The Labute approximate surface area is 176 Å². The first-order valence-corrected chi connectivity index (χ1v) is 10.7. The smallest absolute Gasteiger partial charge is 0.254 e. The van der Waals surface area contributed by atoms with Gasteiger partial charge in [0.05, 0.1) is 11.0 Å². The summed E-state index contributed by atoms with van der Waals surface area (Å²) in [5.41, 5.74) is 3.52. The lowest BCUT2D eigenvalue weighted by Crippen LogP contribution is -2.52. The largest absolute Gasteiger partial charge is 0.339 e. The molecule has 1 saturated heterocycles. The molecule has 2 aliphatic rings. The highest BCUT2D eigenvalue weighted by Crippen LogP contribution is 2.29. The normalized spacial score (nSPS) is 17.2. The molecule has 154 valence electrons. The van der Waals surface area contributed by atoms with Crippen LogP contribution in [-0.2, 0) is 4.79 Å². The fourth-order valence-electron chi connectivity index (χ4n) is 4.46. The number of amides is 2. The number of fused-ring (bicyclic) bond motifs is 1. The van der Waals surface area contributed by atoms with Gasteiger partial charge in [-0.25, -0.2) is 4.98 Å². The van der Waals surface area contributed by atoms with Gasteiger partial charge < -0.3 is 9.80 Å². The summed E-state index contributed by atoms with van der Waals surface area (Å²) in [6, 6.07) is 15.9. The van der Waals surface area contributed by atoms with Gasteiger partial charge in [0.2, 0.25) is 5.91 Å². The molecule has 2 aromatic carbocycles. The molecule has 1 aliphatic heterocycles. The summed E-state index contributed by atoms with van der Waals surface area (Å²) in [6.45, 7) is 4.42. The number of carbonyl (C=O) groups excluding carboxylic acids is 2. The highest BCUT2D eigenvalue weighted by Gasteiger charge is 2.32. The highest BCUT2D eigenvalue weighted by molar-refractivity contribution is 5.98. The number of para-hydroxylation sites is 1. The molecular weight excluding hydrogens is 376 g/mol. The summed E-state index contributed by atoms with van der Waals surface area (Å²) in [6.07, 6.45) is 3.21. The van der Waals surface area contributed by atoms with Gasteiger partial charge >= 0.3 is 0 Å². The number of nitrogens with zero attached hydrogens (tertiary/aromatic N) is 4. The first kappa shape index (κ1) is 18.9. The summed E-state index contributed by atoms with van der Waals surface area (Å²) in [5.74, 6) is 1.40. The maximum absolute atomic E-state index is 13.1. The Kier molecular flexibility index (Phi) is 4.77. The van der Waals surface area contributed by atoms with Gasteiger partial charge in [-0.3, -0.25) is 14.2 Å². The van der Waals surface area contributed by atoms with E-state index in [2.05, 4.69) is 21.7 Å². The maximum Gasteiger partial charge on any atom is 0.254 e. The lowest BCUT2D eigenvalue weighted by molar-refractivity contribution is -0.139. The Hall–Kier alpha value is -3.15. The van der Waals surface area contributed by atoms with Crippen LogP contribution < -0.4 is 0 Å². The zero-order valence-electron chi connectivity index (χ0n) is 17.3. The third kappa shape index (κ3) is 3.26. The molecule has 0 spiro atoms. The second-order valence-corrected chi connectivity index (χ2v) is 8.28. The summed E-state index contributed by atoms with van der Waals surface area (Å²) in [4.78, 5) is 34.0. The van der Waals surface area contributed by atoms with Crippen molar-refractivity contribution in [3.05, 3.63) is 59.9 Å². The third-order valence-corrected chi connectivity index (χ3v) is 6.42. The molecule has 1 saturated carbocycles. The van der Waals surface area contributed by atoms with E-state index in [1.807, 2.05) is 53.1 Å². The second kappa shape index (κ2) is 7.59. The van der Waals surface area contributed by atoms with Gasteiger partial charge in [0.1, 0.15) is 5.82 Å². The number of hydrogen-bond donors (Lipinski definition) is 0. The van der Waals surface area contributed by atoms with Gasteiger partial charge in [-0.1, -0.05) is 24.6 Å². The number of imidazole rings is 1. The van der Waals surface area contributed by atoms with Gasteiger partial charge in [-0.2, -0.15) is 0 Å². The van der Waals surface area contributed by atoms with E-state index in [0.29, 0.717) is 31.7 Å². The first-order valence-electron chi connectivity index (χ1n) is 10.7. The van der Waals surface area contributed by atoms with Gasteiger partial charge in [0.25, 0.3) is 5.91 Å². The van der Waals surface area contributed by atoms with Crippen LogP contribution in [0.3, 0.4) is 0 Å². The number of benzene rings is 2. The van der Waals surface area contributed by atoms with Crippen molar-refractivity contribution in [1.29, 1.82) is 0 Å². The van der Waals surface area contributed by atoms with E-state index in [1.165, 1.54) is 0 Å². The Morgan fingerprint density at radius 1 is 0.933 bits per heavy atom. The standard InChI is InChI=1S/C24H26N4O2/c1-17-25-21-16-19(10-11-22(21)28(17)20-8-3-2-4-9-20)24(30)27-14-12-26(13-15-27)23(29)18-6-5-7-18/h2-4,8-11,16,18H,5-7,12-15H2,1H3. The Balaban J connectivity index is 1.33. The van der Waals surface area contributed by atoms with Crippen LogP contribution in [0.1, 0.15) is 35.4 Å². The molecule has 1 aliphatic carbocycles. The van der Waals surface area contributed by atoms with Crippen molar-refractivity contribution in [2.45, 2.75) is 26.2 Å². The van der Waals surface area contributed by atoms with E-state index in [-0.39, 0.29) is 17.7 Å². The summed E-state index contributed by atoms with van der Waals surface area (Å²) in [5, 5.41) is 0. The van der Waals surface area contributed by atoms with Crippen LogP contribution >= 0.6 is 0 Å². The average Bonchev–Trinajstić information content (AvgIpc) is 3.07. The van der Waals surface area contributed by atoms with Crippen molar-refractivity contribution in [1.82, 2.24) is 19.4 Å². The number of aryl methyl sites for hydroxylation is 1. The van der Waals surface area contributed by atoms with E-state index in [4.69, 9.17) is 0 Å². The molecule has 2 fully saturated rings. The molecule has 0 unspecified atom stereocenters. The van der Waals surface area contributed by atoms with Crippen LogP contribution in [0.25, 0.3) is 16.7 Å². The Bertz CT molecular complexity index is 1090. The predicted octanol–water partition coefficient (Wildman–Crippen LogP) is 3.42. The number of piperazine rings is 1. The lowest BCUT2D eigenvalue weighted by atomic mass is 9.84. The number of hydrogen-bond acceptors (Lipinski definition) is 3. The fourth-order valence-corrected chi connectivity index (χ4v) is 4.46. The summed E-state index contributed by atoms with van der Waals surface area (Å²) < 4.78 is 2.11. The van der Waals surface area contributed by atoms with Crippen molar-refractivity contribution >= 4 is 22.8 Å². The highest BCUT2D eigenvalue weighted by atomic mass is 16.2. The quantitative estimate of drug-likeness (QED) is 0.675. The molecule has 0 atom stereocenters. The van der Waals surface area contributed by atoms with E-state index >= 15 is 0 Å². The third-order valence-electron chi connectivity index (χ3n) is 6.42. The van der Waals surface area contributed by atoms with E-state index < -0.39 is 0 Å². The second-order valence-electron chi connectivity index (χ2n) is 8.28. The molecule has 5 rings (SSSR count). The lowest BCUT2D eigenvalue weighted by Gasteiger charge is -2.38. The molecule has 6 nitrogen and oxygen atoms in total. The molecule has 2 amide bonds. The number of carbonyl (C=O) groups is 2. The molecule has 0 radical (unpaired) electrons. The number of aromatic nitrogens is 2. The van der Waals surface area contributed by atoms with Crippen LogP contribution in [0.5, 0.6) is 0 Å². The molecule has 1 aromatic heterocycles. The van der Waals surface area contributed by atoms with Crippen LogP contribution in [-0.4, -0.2) is 57.3 Å². The molecule has 0 N–H and O–H groups in total. The van der Waals surface area contributed by atoms with Gasteiger partial charge in [-0.15, -0.1) is 0 Å². The van der Waals surface area contributed by atoms with Gasteiger partial charge in [0, 0.05) is 43.3 Å². The van der Waals surface area contributed by atoms with Crippen molar-refractivity contribution in [2.75, 3.05) is 26.2 Å². The van der Waals surface area contributed by atoms with Crippen LogP contribution in [0.2, 0.25) is 0 Å². The van der Waals surface area contributed by atoms with Crippen LogP contribution in [0, 0.1) is 12.8 Å². The average molecular weight is 402 g/mol. The van der Waals surface area contributed by atoms with Gasteiger partial charge in [-0.05, 0) is 50.1 Å². The first-order chi connectivity index (χ1) is 14.6. The van der Waals surface area contributed by atoms with Crippen molar-refractivity contribution in [3.63, 3.8) is 0 Å². The molecule has 3 aromatic rings. The topological polar surface area (TPSA) is 58.4 Å². The Morgan fingerprint density at radius 3 is 2.30 bits per heavy atom. The van der Waals surface area contributed by atoms with Crippen LogP contribution in [0.15, 0.2) is 48.5 Å². The van der Waals surface area contributed by atoms with Crippen molar-refractivity contribution in [3.8, 4) is 5.69 Å². The summed E-state index contributed by atoms with van der Waals surface area (Å²) >= 11 is 0. The molecule has 30 heavy (non-hydrogen) atoms. The molecule has 0 bridgehead atoms.